The zero-order valence-corrected chi connectivity index (χ0v) is 9.82. The second-order valence-corrected chi connectivity index (χ2v) is 4.59. The summed E-state index contributed by atoms with van der Waals surface area (Å²) >= 11 is 0. The Bertz CT molecular complexity index is 228. The summed E-state index contributed by atoms with van der Waals surface area (Å²) in [5, 5.41) is 9.92. The van der Waals surface area contributed by atoms with E-state index in [-0.39, 0.29) is 18.4 Å². The minimum Gasteiger partial charge on any atom is -0.388 e. The molecule has 1 saturated heterocycles. The molecular formula is C11H21NO3. The van der Waals surface area contributed by atoms with E-state index in [2.05, 4.69) is 0 Å². The lowest BCUT2D eigenvalue weighted by Gasteiger charge is -2.20. The molecule has 0 aliphatic carbocycles. The Balaban J connectivity index is 2.36. The van der Waals surface area contributed by atoms with E-state index in [1.165, 1.54) is 0 Å². The topological polar surface area (TPSA) is 49.8 Å². The molecule has 1 fully saturated rings. The number of ether oxygens (including phenoxy) is 1. The first-order valence-corrected chi connectivity index (χ1v) is 5.55. The quantitative estimate of drug-likeness (QED) is 0.700. The Morgan fingerprint density at radius 1 is 1.67 bits per heavy atom. The molecule has 1 amide bonds. The highest BCUT2D eigenvalue weighted by Crippen LogP contribution is 2.26. The normalized spacial score (nSPS) is 30.9. The Morgan fingerprint density at radius 3 is 2.80 bits per heavy atom. The van der Waals surface area contributed by atoms with Gasteiger partial charge < -0.3 is 14.7 Å². The Labute approximate surface area is 91.2 Å². The average molecular weight is 215 g/mol. The number of amides is 1. The highest BCUT2D eigenvalue weighted by Gasteiger charge is 2.40. The predicted molar refractivity (Wildman–Crippen MR) is 57.5 cm³/mol. The Morgan fingerprint density at radius 2 is 2.33 bits per heavy atom. The van der Waals surface area contributed by atoms with E-state index in [9.17, 15) is 9.90 Å². The number of carbonyl (C=O) groups is 1. The summed E-state index contributed by atoms with van der Waals surface area (Å²) in [6, 6.07) is 0. The molecule has 1 rings (SSSR count). The molecule has 0 bridgehead atoms. The molecule has 0 saturated carbocycles. The van der Waals surface area contributed by atoms with Crippen LogP contribution in [0, 0.1) is 5.92 Å². The third-order valence-electron chi connectivity index (χ3n) is 2.99. The molecule has 0 radical (unpaired) electrons. The van der Waals surface area contributed by atoms with E-state index in [0.29, 0.717) is 19.7 Å². The summed E-state index contributed by atoms with van der Waals surface area (Å²) in [5.41, 5.74) is -0.750. The first-order valence-electron chi connectivity index (χ1n) is 5.55. The zero-order chi connectivity index (χ0) is 11.5. The van der Waals surface area contributed by atoms with Crippen molar-refractivity contribution in [1.82, 2.24) is 4.90 Å². The summed E-state index contributed by atoms with van der Waals surface area (Å²) in [7, 11) is 0. The van der Waals surface area contributed by atoms with Crippen LogP contribution in [-0.4, -0.2) is 47.8 Å². The third kappa shape index (κ3) is 3.18. The molecule has 1 N–H and O–H groups in total. The summed E-state index contributed by atoms with van der Waals surface area (Å²) in [4.78, 5) is 13.3. The standard InChI is InChI=1S/C11H21NO3/c1-4-5-15-7-10(13)12-6-9(2)11(3,14)8-12/h9,14H,4-8H2,1-3H3. The molecule has 0 aromatic carbocycles. The smallest absolute Gasteiger partial charge is 0.248 e. The molecule has 1 aliphatic rings. The molecule has 2 atom stereocenters. The van der Waals surface area contributed by atoms with E-state index in [4.69, 9.17) is 4.74 Å². The Hall–Kier alpha value is -0.610. The van der Waals surface area contributed by atoms with Crippen LogP contribution in [0.2, 0.25) is 0 Å². The van der Waals surface area contributed by atoms with Crippen LogP contribution in [0.3, 0.4) is 0 Å². The fraction of sp³-hybridized carbons (Fsp3) is 0.909. The lowest BCUT2D eigenvalue weighted by molar-refractivity contribution is -0.135. The van der Waals surface area contributed by atoms with Gasteiger partial charge in [-0.15, -0.1) is 0 Å². The third-order valence-corrected chi connectivity index (χ3v) is 2.99. The number of carbonyl (C=O) groups excluding carboxylic acids is 1. The maximum atomic E-state index is 11.6. The van der Waals surface area contributed by atoms with Gasteiger partial charge in [0.1, 0.15) is 6.61 Å². The van der Waals surface area contributed by atoms with Crippen LogP contribution in [0.1, 0.15) is 27.2 Å². The van der Waals surface area contributed by atoms with Gasteiger partial charge in [0.25, 0.3) is 0 Å². The number of nitrogens with zero attached hydrogens (tertiary/aromatic N) is 1. The van der Waals surface area contributed by atoms with Crippen LogP contribution < -0.4 is 0 Å². The highest BCUT2D eigenvalue weighted by atomic mass is 16.5. The van der Waals surface area contributed by atoms with E-state index >= 15 is 0 Å². The van der Waals surface area contributed by atoms with Gasteiger partial charge in [0.15, 0.2) is 0 Å². The maximum Gasteiger partial charge on any atom is 0.248 e. The number of rotatable bonds is 4. The summed E-state index contributed by atoms with van der Waals surface area (Å²) < 4.78 is 5.19. The van der Waals surface area contributed by atoms with Crippen molar-refractivity contribution in [2.75, 3.05) is 26.3 Å². The first kappa shape index (κ1) is 12.5. The van der Waals surface area contributed by atoms with Crippen molar-refractivity contribution in [2.45, 2.75) is 32.8 Å². The molecule has 1 aliphatic heterocycles. The molecule has 88 valence electrons. The van der Waals surface area contributed by atoms with Crippen molar-refractivity contribution in [1.29, 1.82) is 0 Å². The number of hydrogen-bond acceptors (Lipinski definition) is 3. The maximum absolute atomic E-state index is 11.6. The molecule has 0 aromatic rings. The van der Waals surface area contributed by atoms with Gasteiger partial charge in [-0.05, 0) is 13.3 Å². The van der Waals surface area contributed by atoms with Gasteiger partial charge in [-0.2, -0.15) is 0 Å². The van der Waals surface area contributed by atoms with Crippen LogP contribution in [0.15, 0.2) is 0 Å². The Kier molecular flexibility index (Phi) is 4.11. The van der Waals surface area contributed by atoms with Gasteiger partial charge in [0, 0.05) is 25.6 Å². The molecule has 4 nitrogen and oxygen atoms in total. The summed E-state index contributed by atoms with van der Waals surface area (Å²) in [5.74, 6) is 0.112. The number of likely N-dealkylation sites (tertiary alicyclic amines) is 1. The van der Waals surface area contributed by atoms with Gasteiger partial charge in [-0.1, -0.05) is 13.8 Å². The minimum absolute atomic E-state index is 0.0203. The van der Waals surface area contributed by atoms with Crippen molar-refractivity contribution in [2.24, 2.45) is 5.92 Å². The van der Waals surface area contributed by atoms with Crippen molar-refractivity contribution in [3.63, 3.8) is 0 Å². The van der Waals surface area contributed by atoms with E-state index in [0.717, 1.165) is 6.42 Å². The van der Waals surface area contributed by atoms with Crippen LogP contribution in [0.4, 0.5) is 0 Å². The lowest BCUT2D eigenvalue weighted by Crippen LogP contribution is -2.36. The zero-order valence-electron chi connectivity index (χ0n) is 9.82. The predicted octanol–water partition coefficient (Wildman–Crippen LogP) is 0.642. The van der Waals surface area contributed by atoms with E-state index < -0.39 is 5.60 Å². The van der Waals surface area contributed by atoms with Crippen molar-refractivity contribution in [3.8, 4) is 0 Å². The van der Waals surface area contributed by atoms with Gasteiger partial charge in [-0.25, -0.2) is 0 Å². The van der Waals surface area contributed by atoms with Crippen LogP contribution in [0.25, 0.3) is 0 Å². The second kappa shape index (κ2) is 4.94. The second-order valence-electron chi connectivity index (χ2n) is 4.59. The summed E-state index contributed by atoms with van der Waals surface area (Å²) in [6.45, 7) is 7.54. The fourth-order valence-electron chi connectivity index (χ4n) is 1.72. The number of β-amino-alcohol motifs (C(OH)–C–C–N with tert-alkyl or cyclic N) is 1. The van der Waals surface area contributed by atoms with Crippen molar-refractivity contribution in [3.05, 3.63) is 0 Å². The fourth-order valence-corrected chi connectivity index (χ4v) is 1.72. The van der Waals surface area contributed by atoms with Gasteiger partial charge in [0.2, 0.25) is 5.91 Å². The highest BCUT2D eigenvalue weighted by molar-refractivity contribution is 5.77. The summed E-state index contributed by atoms with van der Waals surface area (Å²) in [6.07, 6.45) is 0.918. The largest absolute Gasteiger partial charge is 0.388 e. The molecule has 0 spiro atoms. The van der Waals surface area contributed by atoms with Gasteiger partial charge >= 0.3 is 0 Å². The number of aliphatic hydroxyl groups is 1. The van der Waals surface area contributed by atoms with E-state index in [1.54, 1.807) is 11.8 Å². The van der Waals surface area contributed by atoms with Crippen LogP contribution in [-0.2, 0) is 9.53 Å². The molecule has 0 aromatic heterocycles. The monoisotopic (exact) mass is 215 g/mol. The van der Waals surface area contributed by atoms with Crippen LogP contribution in [0.5, 0.6) is 0 Å². The lowest BCUT2D eigenvalue weighted by atomic mass is 9.95. The van der Waals surface area contributed by atoms with E-state index in [1.807, 2.05) is 13.8 Å². The SMILES string of the molecule is CCCOCC(=O)N1CC(C)C(C)(O)C1. The molecule has 1 heterocycles. The molecular weight excluding hydrogens is 194 g/mol. The van der Waals surface area contributed by atoms with Crippen LogP contribution >= 0.6 is 0 Å². The average Bonchev–Trinajstić information content (AvgIpc) is 2.42. The van der Waals surface area contributed by atoms with Crippen molar-refractivity contribution >= 4 is 5.91 Å². The minimum atomic E-state index is -0.750. The van der Waals surface area contributed by atoms with Crippen molar-refractivity contribution < 1.29 is 14.6 Å². The van der Waals surface area contributed by atoms with Gasteiger partial charge in [0.05, 0.1) is 5.60 Å². The molecule has 15 heavy (non-hydrogen) atoms. The first-order chi connectivity index (χ1) is 6.97. The van der Waals surface area contributed by atoms with Gasteiger partial charge in [-0.3, -0.25) is 4.79 Å². The molecule has 4 heteroatoms. The molecule has 2 unspecified atom stereocenters. The number of hydrogen-bond donors (Lipinski definition) is 1.